The Bertz CT molecular complexity index is 149. The molecule has 2 rings (SSSR count). The first-order valence-electron chi connectivity index (χ1n) is 4.78. The first-order chi connectivity index (χ1) is 5.86. The van der Waals surface area contributed by atoms with Gasteiger partial charge in [-0.15, -0.1) is 0 Å². The van der Waals surface area contributed by atoms with Crippen molar-refractivity contribution in [3.8, 4) is 0 Å². The van der Waals surface area contributed by atoms with Crippen molar-refractivity contribution in [2.45, 2.75) is 25.4 Å². The van der Waals surface area contributed by atoms with Crippen molar-refractivity contribution in [1.82, 2.24) is 5.32 Å². The predicted molar refractivity (Wildman–Crippen MR) is 52.6 cm³/mol. The van der Waals surface area contributed by atoms with Crippen molar-refractivity contribution in [3.05, 3.63) is 0 Å². The van der Waals surface area contributed by atoms with Crippen LogP contribution in [0.1, 0.15) is 13.3 Å². The van der Waals surface area contributed by atoms with Crippen LogP contribution in [0.4, 0.5) is 0 Å². The number of hydrogen-bond donors (Lipinski definition) is 1. The second-order valence-corrected chi connectivity index (χ2v) is 4.92. The summed E-state index contributed by atoms with van der Waals surface area (Å²) in [5.74, 6) is 3.32. The maximum atomic E-state index is 5.40. The topological polar surface area (TPSA) is 21.3 Å². The van der Waals surface area contributed by atoms with Gasteiger partial charge in [-0.3, -0.25) is 0 Å². The summed E-state index contributed by atoms with van der Waals surface area (Å²) in [7, 11) is 0. The van der Waals surface area contributed by atoms with Gasteiger partial charge in [-0.2, -0.15) is 11.8 Å². The largest absolute Gasteiger partial charge is 0.381 e. The third-order valence-corrected chi connectivity index (χ3v) is 4.00. The minimum atomic E-state index is 0.698. The van der Waals surface area contributed by atoms with Crippen molar-refractivity contribution >= 4 is 11.8 Å². The Labute approximate surface area is 78.4 Å². The van der Waals surface area contributed by atoms with Gasteiger partial charge in [-0.05, 0) is 12.3 Å². The molecular weight excluding hydrogens is 170 g/mol. The molecule has 2 saturated heterocycles. The summed E-state index contributed by atoms with van der Waals surface area (Å²) in [5.41, 5.74) is 0. The summed E-state index contributed by atoms with van der Waals surface area (Å²) in [5, 5.41) is 3.70. The zero-order valence-electron chi connectivity index (χ0n) is 7.58. The Hall–Kier alpha value is 0.270. The summed E-state index contributed by atoms with van der Waals surface area (Å²) in [6, 6.07) is 1.50. The molecule has 2 unspecified atom stereocenters. The fourth-order valence-electron chi connectivity index (χ4n) is 1.76. The van der Waals surface area contributed by atoms with Gasteiger partial charge in [0, 0.05) is 30.2 Å². The van der Waals surface area contributed by atoms with E-state index in [0.29, 0.717) is 12.0 Å². The highest BCUT2D eigenvalue weighted by Gasteiger charge is 2.26. The van der Waals surface area contributed by atoms with E-state index in [4.69, 9.17) is 4.74 Å². The maximum absolute atomic E-state index is 5.40. The van der Waals surface area contributed by atoms with Crippen LogP contribution in [0.25, 0.3) is 0 Å². The molecule has 0 radical (unpaired) electrons. The van der Waals surface area contributed by atoms with E-state index in [0.717, 1.165) is 19.3 Å². The molecule has 2 nitrogen and oxygen atoms in total. The first-order valence-corrected chi connectivity index (χ1v) is 5.93. The highest BCUT2D eigenvalue weighted by atomic mass is 32.2. The zero-order valence-corrected chi connectivity index (χ0v) is 8.40. The quantitative estimate of drug-likeness (QED) is 0.700. The summed E-state index contributed by atoms with van der Waals surface area (Å²) in [6.07, 6.45) is 1.20. The smallest absolute Gasteiger partial charge is 0.0506 e. The molecule has 3 heteroatoms. The molecule has 2 aliphatic heterocycles. The normalized spacial score (nSPS) is 37.8. The highest BCUT2D eigenvalue weighted by Crippen LogP contribution is 2.21. The van der Waals surface area contributed by atoms with Gasteiger partial charge in [0.15, 0.2) is 0 Å². The summed E-state index contributed by atoms with van der Waals surface area (Å²) < 4.78 is 5.40. The lowest BCUT2D eigenvalue weighted by Crippen LogP contribution is -2.51. The minimum Gasteiger partial charge on any atom is -0.381 e. The van der Waals surface area contributed by atoms with Gasteiger partial charge in [0.2, 0.25) is 0 Å². The van der Waals surface area contributed by atoms with Crippen LogP contribution in [0.5, 0.6) is 0 Å². The van der Waals surface area contributed by atoms with Crippen LogP contribution < -0.4 is 5.32 Å². The van der Waals surface area contributed by atoms with E-state index in [1.807, 2.05) is 11.8 Å². The second kappa shape index (κ2) is 3.99. The van der Waals surface area contributed by atoms with Crippen LogP contribution in [0, 0.1) is 5.92 Å². The molecule has 0 aromatic heterocycles. The third kappa shape index (κ3) is 1.95. The average Bonchev–Trinajstić information content (AvgIpc) is 2.00. The Morgan fingerprint density at radius 2 is 2.25 bits per heavy atom. The van der Waals surface area contributed by atoms with E-state index in [1.54, 1.807) is 0 Å². The van der Waals surface area contributed by atoms with Gasteiger partial charge in [-0.1, -0.05) is 6.92 Å². The average molecular weight is 187 g/mol. The molecule has 2 heterocycles. The van der Waals surface area contributed by atoms with Crippen LogP contribution >= 0.6 is 11.8 Å². The molecule has 70 valence electrons. The Kier molecular flexibility index (Phi) is 2.94. The molecular formula is C9H17NOS. The van der Waals surface area contributed by atoms with E-state index < -0.39 is 0 Å². The fraction of sp³-hybridized carbons (Fsp3) is 1.00. The molecule has 1 N–H and O–H groups in total. The van der Waals surface area contributed by atoms with Gasteiger partial charge in [0.1, 0.15) is 0 Å². The van der Waals surface area contributed by atoms with E-state index in [2.05, 4.69) is 12.2 Å². The summed E-state index contributed by atoms with van der Waals surface area (Å²) >= 11 is 2.04. The van der Waals surface area contributed by atoms with Crippen molar-refractivity contribution < 1.29 is 4.74 Å². The molecule has 2 fully saturated rings. The summed E-state index contributed by atoms with van der Waals surface area (Å²) in [4.78, 5) is 0. The van der Waals surface area contributed by atoms with Crippen molar-refractivity contribution in [2.75, 3.05) is 24.7 Å². The minimum absolute atomic E-state index is 0.698. The molecule has 0 amide bonds. The highest BCUT2D eigenvalue weighted by molar-refractivity contribution is 8.00. The third-order valence-electron chi connectivity index (χ3n) is 2.73. The molecule has 0 aromatic carbocycles. The Balaban J connectivity index is 1.76. The van der Waals surface area contributed by atoms with Crippen molar-refractivity contribution in [1.29, 1.82) is 0 Å². The van der Waals surface area contributed by atoms with E-state index in [9.17, 15) is 0 Å². The summed E-state index contributed by atoms with van der Waals surface area (Å²) in [6.45, 7) is 4.17. The lowest BCUT2D eigenvalue weighted by Gasteiger charge is -2.36. The zero-order chi connectivity index (χ0) is 8.39. The molecule has 12 heavy (non-hydrogen) atoms. The SMILES string of the molecule is CC1COCCC1NC1CSC1. The number of nitrogens with one attached hydrogen (secondary N) is 1. The fourth-order valence-corrected chi connectivity index (χ4v) is 2.43. The standard InChI is InChI=1S/C9H17NOS/c1-7-4-11-3-2-9(7)10-8-5-12-6-8/h7-10H,2-6H2,1H3. The van der Waals surface area contributed by atoms with Crippen LogP contribution in [0.3, 0.4) is 0 Å². The number of rotatable bonds is 2. The van der Waals surface area contributed by atoms with Crippen LogP contribution in [0.2, 0.25) is 0 Å². The monoisotopic (exact) mass is 187 g/mol. The molecule has 2 atom stereocenters. The number of ether oxygens (including phenoxy) is 1. The van der Waals surface area contributed by atoms with Gasteiger partial charge in [-0.25, -0.2) is 0 Å². The molecule has 0 aliphatic carbocycles. The second-order valence-electron chi connectivity index (χ2n) is 3.85. The lowest BCUT2D eigenvalue weighted by molar-refractivity contribution is 0.0369. The van der Waals surface area contributed by atoms with Crippen molar-refractivity contribution in [2.24, 2.45) is 5.92 Å². The van der Waals surface area contributed by atoms with E-state index in [1.165, 1.54) is 17.9 Å². The molecule has 2 aliphatic rings. The van der Waals surface area contributed by atoms with Crippen LogP contribution in [-0.2, 0) is 4.74 Å². The lowest BCUT2D eigenvalue weighted by atomic mass is 9.97. The van der Waals surface area contributed by atoms with Crippen molar-refractivity contribution in [3.63, 3.8) is 0 Å². The predicted octanol–water partition coefficient (Wildman–Crippen LogP) is 1.12. The molecule has 0 saturated carbocycles. The van der Waals surface area contributed by atoms with Gasteiger partial charge >= 0.3 is 0 Å². The molecule has 0 aromatic rings. The molecule has 0 bridgehead atoms. The number of hydrogen-bond acceptors (Lipinski definition) is 3. The number of thioether (sulfide) groups is 1. The van der Waals surface area contributed by atoms with Gasteiger partial charge < -0.3 is 10.1 Å². The van der Waals surface area contributed by atoms with Crippen LogP contribution in [-0.4, -0.2) is 36.8 Å². The van der Waals surface area contributed by atoms with E-state index >= 15 is 0 Å². The van der Waals surface area contributed by atoms with Crippen LogP contribution in [0.15, 0.2) is 0 Å². The first kappa shape index (κ1) is 8.85. The maximum Gasteiger partial charge on any atom is 0.0506 e. The van der Waals surface area contributed by atoms with E-state index in [-0.39, 0.29) is 0 Å². The molecule has 0 spiro atoms. The van der Waals surface area contributed by atoms with Gasteiger partial charge in [0.25, 0.3) is 0 Å². The Morgan fingerprint density at radius 1 is 1.42 bits per heavy atom. The van der Waals surface area contributed by atoms with Gasteiger partial charge in [0.05, 0.1) is 6.61 Å². The Morgan fingerprint density at radius 3 is 2.83 bits per heavy atom.